The van der Waals surface area contributed by atoms with E-state index in [1.54, 1.807) is 0 Å². The molecule has 0 aromatic rings. The highest BCUT2D eigenvalue weighted by Gasteiger charge is 2.61. The minimum absolute atomic E-state index is 0.148. The highest BCUT2D eigenvalue weighted by atomic mass is 32.2. The number of fused-ring (bicyclic) bond motifs is 5. The summed E-state index contributed by atoms with van der Waals surface area (Å²) in [5.74, 6) is -0.874. The monoisotopic (exact) mass is 294 g/mol. The summed E-state index contributed by atoms with van der Waals surface area (Å²) in [4.78, 5) is 36.8. The van der Waals surface area contributed by atoms with E-state index in [9.17, 15) is 14.4 Å². The van der Waals surface area contributed by atoms with Crippen LogP contribution < -0.4 is 0 Å². The molecule has 7 heteroatoms. The predicted octanol–water partition coefficient (Wildman–Crippen LogP) is 0.569. The number of imide groups is 1. The lowest BCUT2D eigenvalue weighted by Gasteiger charge is -2.25. The number of nitrogens with zero attached hydrogens (tertiary/aromatic N) is 2. The molecule has 1 saturated carbocycles. The van der Waals surface area contributed by atoms with Crippen LogP contribution in [0, 0.1) is 23.7 Å². The molecule has 3 fully saturated rings. The normalized spacial score (nSPS) is 40.0. The first-order valence-corrected chi connectivity index (χ1v) is 7.54. The molecule has 98 valence electrons. The Hall–Kier alpha value is -1.21. The summed E-state index contributed by atoms with van der Waals surface area (Å²) in [7, 11) is 0. The van der Waals surface area contributed by atoms with Crippen LogP contribution in [0.3, 0.4) is 0 Å². The van der Waals surface area contributed by atoms with Gasteiger partial charge in [0, 0.05) is 0 Å². The van der Waals surface area contributed by atoms with Crippen LogP contribution in [-0.2, 0) is 14.4 Å². The van der Waals surface area contributed by atoms with Gasteiger partial charge in [-0.3, -0.25) is 14.4 Å². The van der Waals surface area contributed by atoms with Crippen molar-refractivity contribution in [2.45, 2.75) is 6.42 Å². The van der Waals surface area contributed by atoms with E-state index in [0.717, 1.165) is 16.4 Å². The van der Waals surface area contributed by atoms with Gasteiger partial charge in [0.05, 0.1) is 17.6 Å². The molecule has 2 heterocycles. The summed E-state index contributed by atoms with van der Waals surface area (Å²) in [5, 5.41) is 2.11. The second-order valence-electron chi connectivity index (χ2n) is 5.25. The topological polar surface area (TPSA) is 57.7 Å². The lowest BCUT2D eigenvalue weighted by Crippen LogP contribution is -2.50. The fourth-order valence-electron chi connectivity index (χ4n) is 3.62. The van der Waals surface area contributed by atoms with Crippen molar-refractivity contribution in [3.8, 4) is 0 Å². The number of carbonyl (C=O) groups excluding carboxylic acids is 3. The Balaban J connectivity index is 1.73. The zero-order valence-electron chi connectivity index (χ0n) is 9.81. The van der Waals surface area contributed by atoms with Crippen LogP contribution in [0.2, 0.25) is 0 Å². The number of amides is 3. The van der Waals surface area contributed by atoms with Crippen LogP contribution in [0.4, 0.5) is 0 Å². The van der Waals surface area contributed by atoms with Gasteiger partial charge < -0.3 is 0 Å². The molecule has 2 bridgehead atoms. The van der Waals surface area contributed by atoms with Crippen LogP contribution in [0.25, 0.3) is 0 Å². The Kier molecular flexibility index (Phi) is 2.24. The predicted molar refractivity (Wildman–Crippen MR) is 71.5 cm³/mol. The molecule has 5 nitrogen and oxygen atoms in total. The summed E-state index contributed by atoms with van der Waals surface area (Å²) >= 11 is 6.27. The molecule has 0 unspecified atom stereocenters. The summed E-state index contributed by atoms with van der Waals surface area (Å²) in [5.41, 5.74) is 0. The van der Waals surface area contributed by atoms with Gasteiger partial charge in [0.25, 0.3) is 17.7 Å². The molecule has 19 heavy (non-hydrogen) atoms. The number of thiocarbonyl (C=S) groups is 1. The van der Waals surface area contributed by atoms with Crippen molar-refractivity contribution in [2.24, 2.45) is 23.7 Å². The third-order valence-corrected chi connectivity index (χ3v) is 5.71. The Morgan fingerprint density at radius 3 is 2.11 bits per heavy atom. The van der Waals surface area contributed by atoms with Crippen molar-refractivity contribution in [3.63, 3.8) is 0 Å². The number of hydrazine groups is 1. The van der Waals surface area contributed by atoms with Crippen molar-refractivity contribution >= 4 is 46.0 Å². The van der Waals surface area contributed by atoms with Crippen molar-refractivity contribution in [3.05, 3.63) is 12.2 Å². The van der Waals surface area contributed by atoms with E-state index in [2.05, 4.69) is 0 Å². The molecule has 0 aromatic heterocycles. The zero-order chi connectivity index (χ0) is 13.3. The van der Waals surface area contributed by atoms with E-state index < -0.39 is 0 Å². The van der Waals surface area contributed by atoms with E-state index in [4.69, 9.17) is 12.2 Å². The minimum Gasteiger partial charge on any atom is -0.272 e. The van der Waals surface area contributed by atoms with Crippen molar-refractivity contribution < 1.29 is 14.4 Å². The van der Waals surface area contributed by atoms with E-state index in [-0.39, 0.29) is 47.1 Å². The van der Waals surface area contributed by atoms with Gasteiger partial charge in [-0.2, -0.15) is 10.0 Å². The molecule has 4 atom stereocenters. The number of hydrogen-bond acceptors (Lipinski definition) is 5. The lowest BCUT2D eigenvalue weighted by atomic mass is 9.85. The van der Waals surface area contributed by atoms with Gasteiger partial charge in [-0.05, 0) is 18.3 Å². The average molecular weight is 294 g/mol. The Morgan fingerprint density at radius 2 is 1.63 bits per heavy atom. The fraction of sp³-hybridized carbons (Fsp3) is 0.500. The van der Waals surface area contributed by atoms with E-state index in [1.165, 1.54) is 11.8 Å². The van der Waals surface area contributed by atoms with Gasteiger partial charge in [-0.25, -0.2) is 0 Å². The number of allylic oxidation sites excluding steroid dienone is 2. The van der Waals surface area contributed by atoms with Crippen molar-refractivity contribution in [1.82, 2.24) is 10.0 Å². The number of carbonyl (C=O) groups is 3. The van der Waals surface area contributed by atoms with Gasteiger partial charge >= 0.3 is 0 Å². The smallest absolute Gasteiger partial charge is 0.258 e. The van der Waals surface area contributed by atoms with Gasteiger partial charge in [0.2, 0.25) is 0 Å². The van der Waals surface area contributed by atoms with Gasteiger partial charge in [0.1, 0.15) is 0 Å². The van der Waals surface area contributed by atoms with Crippen LogP contribution >= 0.6 is 24.0 Å². The van der Waals surface area contributed by atoms with Crippen LogP contribution in [0.5, 0.6) is 0 Å². The molecule has 0 aromatic carbocycles. The number of thioether (sulfide) groups is 1. The van der Waals surface area contributed by atoms with Gasteiger partial charge in [0.15, 0.2) is 4.32 Å². The van der Waals surface area contributed by atoms with E-state index in [0.29, 0.717) is 4.32 Å². The maximum atomic E-state index is 12.5. The van der Waals surface area contributed by atoms with E-state index in [1.807, 2.05) is 12.2 Å². The van der Waals surface area contributed by atoms with E-state index >= 15 is 0 Å². The largest absolute Gasteiger partial charge is 0.272 e. The first-order chi connectivity index (χ1) is 9.09. The second-order valence-corrected chi connectivity index (χ2v) is 6.86. The Bertz CT molecular complexity index is 527. The first-order valence-electron chi connectivity index (χ1n) is 6.15. The maximum Gasteiger partial charge on any atom is 0.258 e. The number of hydrogen-bond donors (Lipinski definition) is 0. The summed E-state index contributed by atoms with van der Waals surface area (Å²) in [6.45, 7) is 0. The Labute approximate surface area is 118 Å². The first kappa shape index (κ1) is 11.6. The summed E-state index contributed by atoms with van der Waals surface area (Å²) < 4.78 is 0.298. The lowest BCUT2D eigenvalue weighted by molar-refractivity contribution is -0.160. The standard InChI is InChI=1S/C12H10N2O3S2/c15-7-4-19-12(18)13(7)14-10(16)8-5-1-2-6(3-5)9(8)11(14)17/h1-2,5-6,8-9H,3-4H2/t5-,6+,8+,9-. The molecular formula is C12H10N2O3S2. The van der Waals surface area contributed by atoms with Crippen LogP contribution in [0.15, 0.2) is 12.2 Å². The molecule has 3 amide bonds. The van der Waals surface area contributed by atoms with Crippen LogP contribution in [-0.4, -0.2) is 37.8 Å². The highest BCUT2D eigenvalue weighted by molar-refractivity contribution is 8.23. The molecule has 4 aliphatic rings. The molecule has 0 spiro atoms. The highest BCUT2D eigenvalue weighted by Crippen LogP contribution is 2.53. The zero-order valence-corrected chi connectivity index (χ0v) is 11.4. The molecule has 4 rings (SSSR count). The average Bonchev–Trinajstić information content (AvgIpc) is 3.10. The molecule has 2 aliphatic heterocycles. The molecule has 2 aliphatic carbocycles. The molecule has 0 N–H and O–H groups in total. The maximum absolute atomic E-state index is 12.5. The fourth-order valence-corrected chi connectivity index (χ4v) is 4.66. The molecular weight excluding hydrogens is 284 g/mol. The van der Waals surface area contributed by atoms with Crippen LogP contribution in [0.1, 0.15) is 6.42 Å². The summed E-state index contributed by atoms with van der Waals surface area (Å²) in [6.07, 6.45) is 4.94. The Morgan fingerprint density at radius 1 is 1.05 bits per heavy atom. The van der Waals surface area contributed by atoms with Gasteiger partial charge in [-0.1, -0.05) is 36.1 Å². The second kappa shape index (κ2) is 3.67. The summed E-state index contributed by atoms with van der Waals surface area (Å²) in [6, 6.07) is 0. The minimum atomic E-state index is -0.288. The quantitative estimate of drug-likeness (QED) is 0.402. The van der Waals surface area contributed by atoms with Gasteiger partial charge in [-0.15, -0.1) is 0 Å². The SMILES string of the molecule is O=C1CSC(=S)N1N1C(=O)[C@@H]2[C@H](C1=O)[C@H]1C=C[C@@H]2C1. The number of rotatable bonds is 1. The third kappa shape index (κ3) is 1.32. The molecule has 2 saturated heterocycles. The van der Waals surface area contributed by atoms with Crippen molar-refractivity contribution in [2.75, 3.05) is 5.75 Å². The van der Waals surface area contributed by atoms with Crippen molar-refractivity contribution in [1.29, 1.82) is 0 Å². The third-order valence-electron chi connectivity index (χ3n) is 4.38. The molecule has 0 radical (unpaired) electrons.